The molecule has 0 aliphatic rings. The first-order chi connectivity index (χ1) is 8.49. The molecule has 94 valence electrons. The second-order valence-electron chi connectivity index (χ2n) is 3.80. The number of nitrogens with zero attached hydrogens (tertiary/aromatic N) is 2. The summed E-state index contributed by atoms with van der Waals surface area (Å²) in [5, 5.41) is 8.66. The molecule has 0 bridgehead atoms. The van der Waals surface area contributed by atoms with Crippen molar-refractivity contribution in [3.63, 3.8) is 0 Å². The molecule has 1 aromatic carbocycles. The van der Waals surface area contributed by atoms with Crippen molar-refractivity contribution in [3.8, 4) is 6.07 Å². The van der Waals surface area contributed by atoms with Crippen LogP contribution in [0.15, 0.2) is 24.4 Å². The van der Waals surface area contributed by atoms with Crippen molar-refractivity contribution in [2.75, 3.05) is 21.2 Å². The van der Waals surface area contributed by atoms with Crippen LogP contribution in [-0.4, -0.2) is 32.1 Å². The molecule has 0 aromatic heterocycles. The third kappa shape index (κ3) is 3.08. The van der Waals surface area contributed by atoms with Crippen LogP contribution in [0, 0.1) is 17.1 Å². The monoisotopic (exact) mass is 248 g/mol. The van der Waals surface area contributed by atoms with Gasteiger partial charge in [-0.05, 0) is 18.2 Å². The van der Waals surface area contributed by atoms with Crippen molar-refractivity contribution < 1.29 is 13.9 Å². The van der Waals surface area contributed by atoms with Gasteiger partial charge in [-0.3, -0.25) is 0 Å². The summed E-state index contributed by atoms with van der Waals surface area (Å²) in [6.07, 6.45) is 1.47. The summed E-state index contributed by atoms with van der Waals surface area (Å²) < 4.78 is 18.4. The van der Waals surface area contributed by atoms with Crippen LogP contribution in [0.2, 0.25) is 0 Å². The first-order valence-electron chi connectivity index (χ1n) is 5.16. The fourth-order valence-corrected chi connectivity index (χ4v) is 1.40. The minimum atomic E-state index is -0.632. The van der Waals surface area contributed by atoms with E-state index < -0.39 is 11.8 Å². The van der Waals surface area contributed by atoms with E-state index in [1.165, 1.54) is 25.4 Å². The average molecular weight is 248 g/mol. The Hall–Kier alpha value is -2.35. The summed E-state index contributed by atoms with van der Waals surface area (Å²) >= 11 is 0. The van der Waals surface area contributed by atoms with Crippen molar-refractivity contribution >= 4 is 11.5 Å². The topological polar surface area (TPSA) is 53.3 Å². The quantitative estimate of drug-likeness (QED) is 0.604. The van der Waals surface area contributed by atoms with Crippen molar-refractivity contribution in [2.24, 2.45) is 0 Å². The molecule has 18 heavy (non-hydrogen) atoms. The highest BCUT2D eigenvalue weighted by molar-refractivity contribution is 6.16. The first kappa shape index (κ1) is 13.7. The van der Waals surface area contributed by atoms with Gasteiger partial charge in [-0.15, -0.1) is 0 Å². The number of carbonyl (C=O) groups excluding carboxylic acids is 1. The summed E-state index contributed by atoms with van der Waals surface area (Å²) in [7, 11) is 4.66. The number of methoxy groups -OCH3 is 1. The van der Waals surface area contributed by atoms with Gasteiger partial charge in [0.1, 0.15) is 5.82 Å². The van der Waals surface area contributed by atoms with Crippen molar-refractivity contribution in [1.82, 2.24) is 4.90 Å². The molecule has 0 saturated carbocycles. The van der Waals surface area contributed by atoms with Crippen LogP contribution >= 0.6 is 0 Å². The zero-order chi connectivity index (χ0) is 13.7. The third-order valence-electron chi connectivity index (χ3n) is 2.18. The lowest BCUT2D eigenvalue weighted by Crippen LogP contribution is -2.11. The average Bonchev–Trinajstić information content (AvgIpc) is 2.35. The van der Waals surface area contributed by atoms with E-state index in [1.54, 1.807) is 19.0 Å². The van der Waals surface area contributed by atoms with Gasteiger partial charge in [0.05, 0.1) is 24.3 Å². The zero-order valence-corrected chi connectivity index (χ0v) is 10.4. The molecule has 0 atom stereocenters. The number of hydrogen-bond acceptors (Lipinski definition) is 4. The highest BCUT2D eigenvalue weighted by Crippen LogP contribution is 2.21. The number of hydrogen-bond donors (Lipinski definition) is 0. The maximum atomic E-state index is 13.8. The minimum absolute atomic E-state index is 0.101. The van der Waals surface area contributed by atoms with Gasteiger partial charge < -0.3 is 9.64 Å². The molecule has 0 unspecified atom stereocenters. The lowest BCUT2D eigenvalue weighted by Gasteiger charge is -2.11. The molecule has 0 saturated heterocycles. The molecule has 1 aromatic rings. The van der Waals surface area contributed by atoms with Gasteiger partial charge in [0.15, 0.2) is 0 Å². The van der Waals surface area contributed by atoms with Gasteiger partial charge in [0.25, 0.3) is 0 Å². The Labute approximate surface area is 105 Å². The summed E-state index contributed by atoms with van der Waals surface area (Å²) in [6, 6.07) is 5.76. The van der Waals surface area contributed by atoms with Crippen LogP contribution in [0.4, 0.5) is 4.39 Å². The molecule has 0 aliphatic carbocycles. The van der Waals surface area contributed by atoms with E-state index >= 15 is 0 Å². The second-order valence-corrected chi connectivity index (χ2v) is 3.80. The number of halogens is 1. The van der Waals surface area contributed by atoms with Crippen molar-refractivity contribution in [1.29, 1.82) is 5.26 Å². The molecule has 0 fully saturated rings. The normalized spacial score (nSPS) is 10.7. The molecule has 4 nitrogen and oxygen atoms in total. The summed E-state index contributed by atoms with van der Waals surface area (Å²) in [5.74, 6) is -1.26. The first-order valence-corrected chi connectivity index (χ1v) is 5.16. The maximum absolute atomic E-state index is 13.8. The summed E-state index contributed by atoms with van der Waals surface area (Å²) in [5.41, 5.74) is 0.407. The van der Waals surface area contributed by atoms with Crippen molar-refractivity contribution in [2.45, 2.75) is 0 Å². The Morgan fingerprint density at radius 1 is 1.50 bits per heavy atom. The van der Waals surface area contributed by atoms with Crippen LogP contribution in [-0.2, 0) is 9.53 Å². The van der Waals surface area contributed by atoms with E-state index in [0.29, 0.717) is 0 Å². The smallest absolute Gasteiger partial charge is 0.340 e. The number of nitriles is 1. The maximum Gasteiger partial charge on any atom is 0.340 e. The van der Waals surface area contributed by atoms with E-state index in [0.717, 1.165) is 6.07 Å². The van der Waals surface area contributed by atoms with E-state index in [1.807, 2.05) is 6.07 Å². The molecule has 0 amide bonds. The lowest BCUT2D eigenvalue weighted by atomic mass is 10.0. The standard InChI is InChI=1S/C13H13FN2O2/c1-16(2)8-11(13(17)18-3)10-5-4-9(7-15)6-12(10)14/h4-6,8H,1-3H3. The SMILES string of the molecule is COC(=O)C(=CN(C)C)c1ccc(C#N)cc1F. The van der Waals surface area contributed by atoms with Crippen LogP contribution in [0.5, 0.6) is 0 Å². The predicted molar refractivity (Wildman–Crippen MR) is 64.8 cm³/mol. The summed E-state index contributed by atoms with van der Waals surface area (Å²) in [6.45, 7) is 0. The Kier molecular flexibility index (Phi) is 4.44. The molecule has 0 heterocycles. The molecule has 0 spiro atoms. The van der Waals surface area contributed by atoms with Gasteiger partial charge in [0.2, 0.25) is 0 Å². The van der Waals surface area contributed by atoms with E-state index in [9.17, 15) is 9.18 Å². The molecule has 0 N–H and O–H groups in total. The molecule has 0 aliphatic heterocycles. The van der Waals surface area contributed by atoms with Crippen molar-refractivity contribution in [3.05, 3.63) is 41.3 Å². The predicted octanol–water partition coefficient (Wildman–Crippen LogP) is 1.77. The van der Waals surface area contributed by atoms with Crippen LogP contribution in [0.3, 0.4) is 0 Å². The molecular weight excluding hydrogens is 235 g/mol. The fraction of sp³-hybridized carbons (Fsp3) is 0.231. The van der Waals surface area contributed by atoms with Gasteiger partial charge in [-0.2, -0.15) is 5.26 Å². The summed E-state index contributed by atoms with van der Waals surface area (Å²) in [4.78, 5) is 13.2. The van der Waals surface area contributed by atoms with Gasteiger partial charge >= 0.3 is 5.97 Å². The lowest BCUT2D eigenvalue weighted by molar-refractivity contribution is -0.133. The minimum Gasteiger partial charge on any atom is -0.465 e. The molecule has 1 rings (SSSR count). The number of carbonyl (C=O) groups is 1. The number of rotatable bonds is 3. The Morgan fingerprint density at radius 2 is 2.17 bits per heavy atom. The Bertz CT molecular complexity index is 530. The van der Waals surface area contributed by atoms with Crippen LogP contribution in [0.25, 0.3) is 5.57 Å². The Morgan fingerprint density at radius 3 is 2.61 bits per heavy atom. The number of ether oxygens (including phenoxy) is 1. The fourth-order valence-electron chi connectivity index (χ4n) is 1.40. The third-order valence-corrected chi connectivity index (χ3v) is 2.18. The molecule has 0 radical (unpaired) electrons. The second kappa shape index (κ2) is 5.82. The number of benzene rings is 1. The largest absolute Gasteiger partial charge is 0.465 e. The van der Waals surface area contributed by atoms with Gasteiger partial charge in [0, 0.05) is 25.9 Å². The van der Waals surface area contributed by atoms with E-state index in [4.69, 9.17) is 5.26 Å². The van der Waals surface area contributed by atoms with Crippen LogP contribution in [0.1, 0.15) is 11.1 Å². The highest BCUT2D eigenvalue weighted by atomic mass is 19.1. The van der Waals surface area contributed by atoms with Gasteiger partial charge in [-0.25, -0.2) is 9.18 Å². The Balaban J connectivity index is 3.31. The highest BCUT2D eigenvalue weighted by Gasteiger charge is 2.17. The van der Waals surface area contributed by atoms with Gasteiger partial charge in [-0.1, -0.05) is 0 Å². The van der Waals surface area contributed by atoms with E-state index in [-0.39, 0.29) is 16.7 Å². The molecular formula is C13H13FN2O2. The molecule has 5 heteroatoms. The van der Waals surface area contributed by atoms with E-state index in [2.05, 4.69) is 4.74 Å². The zero-order valence-electron chi connectivity index (χ0n) is 10.4. The van der Waals surface area contributed by atoms with Crippen LogP contribution < -0.4 is 0 Å². The number of esters is 1.